The van der Waals surface area contributed by atoms with E-state index in [1.807, 2.05) is 0 Å². The standard InChI is InChI=1S/C29H36N2O2/c1-20-16-25(26(33-3)17-21(20)2)19-30-28-24(14-15-32)18-31-29(28)27(22-10-6-4-7-11-22)23-12-8-5-9-13-23/h4-13,16-17,24,27-32H,14-15,18-19H2,1-3H3/t24-,28-,29-/m0/s1. The van der Waals surface area contributed by atoms with Crippen molar-refractivity contribution in [3.05, 3.63) is 101 Å². The smallest absolute Gasteiger partial charge is 0.123 e. The third-order valence-corrected chi connectivity index (χ3v) is 7.11. The van der Waals surface area contributed by atoms with Crippen molar-refractivity contribution in [2.45, 2.75) is 44.8 Å². The minimum absolute atomic E-state index is 0.200. The molecular formula is C29H36N2O2. The zero-order valence-corrected chi connectivity index (χ0v) is 19.9. The Morgan fingerprint density at radius 1 is 0.970 bits per heavy atom. The number of hydrogen-bond donors (Lipinski definition) is 3. The molecule has 0 amide bonds. The van der Waals surface area contributed by atoms with E-state index in [2.05, 4.69) is 97.3 Å². The summed E-state index contributed by atoms with van der Waals surface area (Å²) >= 11 is 0. The molecule has 4 rings (SSSR count). The van der Waals surface area contributed by atoms with Crippen LogP contribution in [0.5, 0.6) is 5.75 Å². The minimum Gasteiger partial charge on any atom is -0.496 e. The highest BCUT2D eigenvalue weighted by atomic mass is 16.5. The van der Waals surface area contributed by atoms with Crippen LogP contribution in [0.4, 0.5) is 0 Å². The van der Waals surface area contributed by atoms with Crippen LogP contribution < -0.4 is 15.4 Å². The highest BCUT2D eigenvalue weighted by molar-refractivity contribution is 5.42. The van der Waals surface area contributed by atoms with E-state index in [4.69, 9.17) is 4.74 Å². The molecule has 0 radical (unpaired) electrons. The molecule has 1 aliphatic heterocycles. The van der Waals surface area contributed by atoms with Crippen LogP contribution in [0.2, 0.25) is 0 Å². The largest absolute Gasteiger partial charge is 0.496 e. The van der Waals surface area contributed by atoms with Gasteiger partial charge in [0.15, 0.2) is 0 Å². The van der Waals surface area contributed by atoms with Crippen LogP contribution in [0.25, 0.3) is 0 Å². The average Bonchev–Trinajstić information content (AvgIpc) is 3.23. The fourth-order valence-electron chi connectivity index (χ4n) is 5.23. The first kappa shape index (κ1) is 23.5. The van der Waals surface area contributed by atoms with E-state index in [-0.39, 0.29) is 24.6 Å². The maximum Gasteiger partial charge on any atom is 0.123 e. The molecule has 4 heteroatoms. The van der Waals surface area contributed by atoms with Gasteiger partial charge in [-0.2, -0.15) is 0 Å². The van der Waals surface area contributed by atoms with Crippen molar-refractivity contribution >= 4 is 0 Å². The summed E-state index contributed by atoms with van der Waals surface area (Å²) in [6.07, 6.45) is 0.779. The van der Waals surface area contributed by atoms with Gasteiger partial charge in [0.25, 0.3) is 0 Å². The summed E-state index contributed by atoms with van der Waals surface area (Å²) in [6.45, 7) is 6.08. The van der Waals surface area contributed by atoms with Gasteiger partial charge in [-0.15, -0.1) is 0 Å². The number of aliphatic hydroxyl groups is 1. The molecule has 3 aromatic rings. The molecule has 0 aliphatic carbocycles. The average molecular weight is 445 g/mol. The first-order chi connectivity index (χ1) is 16.1. The lowest BCUT2D eigenvalue weighted by molar-refractivity contribution is 0.241. The minimum atomic E-state index is 0.200. The van der Waals surface area contributed by atoms with Crippen molar-refractivity contribution < 1.29 is 9.84 Å². The fraction of sp³-hybridized carbons (Fsp3) is 0.379. The molecule has 0 saturated carbocycles. The molecular weight excluding hydrogens is 408 g/mol. The highest BCUT2D eigenvalue weighted by Crippen LogP contribution is 2.35. The third kappa shape index (κ3) is 5.30. The number of aliphatic hydroxyl groups excluding tert-OH is 1. The first-order valence-corrected chi connectivity index (χ1v) is 11.9. The Labute approximate surface area is 198 Å². The SMILES string of the molecule is COc1cc(C)c(C)cc1CN[C@H]1[C@@H](CCO)CN[C@H]1C(c1ccccc1)c1ccccc1. The van der Waals surface area contributed by atoms with E-state index < -0.39 is 0 Å². The number of rotatable bonds is 9. The number of hydrogen-bond acceptors (Lipinski definition) is 4. The molecule has 1 heterocycles. The van der Waals surface area contributed by atoms with Crippen molar-refractivity contribution in [3.63, 3.8) is 0 Å². The summed E-state index contributed by atoms with van der Waals surface area (Å²) in [7, 11) is 1.74. The van der Waals surface area contributed by atoms with Crippen molar-refractivity contribution in [3.8, 4) is 5.75 Å². The van der Waals surface area contributed by atoms with Gasteiger partial charge >= 0.3 is 0 Å². The molecule has 0 spiro atoms. The van der Waals surface area contributed by atoms with E-state index in [0.717, 1.165) is 25.3 Å². The predicted molar refractivity (Wildman–Crippen MR) is 135 cm³/mol. The lowest BCUT2D eigenvalue weighted by Gasteiger charge is -2.32. The van der Waals surface area contributed by atoms with Crippen molar-refractivity contribution in [2.75, 3.05) is 20.3 Å². The van der Waals surface area contributed by atoms with Gasteiger partial charge in [0.1, 0.15) is 5.75 Å². The van der Waals surface area contributed by atoms with Crippen LogP contribution in [0.15, 0.2) is 72.8 Å². The molecule has 0 unspecified atom stereocenters. The van der Waals surface area contributed by atoms with Crippen molar-refractivity contribution in [1.29, 1.82) is 0 Å². The summed E-state index contributed by atoms with van der Waals surface area (Å²) < 4.78 is 5.69. The van der Waals surface area contributed by atoms with Gasteiger partial charge in [0.05, 0.1) is 7.11 Å². The second-order valence-corrected chi connectivity index (χ2v) is 9.16. The van der Waals surface area contributed by atoms with Gasteiger partial charge in [0.2, 0.25) is 0 Å². The highest BCUT2D eigenvalue weighted by Gasteiger charge is 2.40. The lowest BCUT2D eigenvalue weighted by Crippen LogP contribution is -2.46. The van der Waals surface area contributed by atoms with Gasteiger partial charge in [-0.1, -0.05) is 66.7 Å². The summed E-state index contributed by atoms with van der Waals surface area (Å²) in [5, 5.41) is 17.5. The second-order valence-electron chi connectivity index (χ2n) is 9.16. The molecule has 3 aromatic carbocycles. The van der Waals surface area contributed by atoms with E-state index in [9.17, 15) is 5.11 Å². The zero-order chi connectivity index (χ0) is 23.2. The molecule has 0 aromatic heterocycles. The number of nitrogens with one attached hydrogen (secondary N) is 2. The van der Waals surface area contributed by atoms with Gasteiger partial charge in [-0.05, 0) is 61.1 Å². The van der Waals surface area contributed by atoms with Crippen LogP contribution >= 0.6 is 0 Å². The molecule has 1 aliphatic rings. The zero-order valence-electron chi connectivity index (χ0n) is 19.9. The maximum absolute atomic E-state index is 9.76. The number of ether oxygens (including phenoxy) is 1. The molecule has 174 valence electrons. The van der Waals surface area contributed by atoms with E-state index in [1.165, 1.54) is 27.8 Å². The van der Waals surface area contributed by atoms with Crippen molar-refractivity contribution in [2.24, 2.45) is 5.92 Å². The van der Waals surface area contributed by atoms with Gasteiger partial charge in [0, 0.05) is 36.7 Å². The predicted octanol–water partition coefficient (Wildman–Crippen LogP) is 4.57. The van der Waals surface area contributed by atoms with Crippen LogP contribution in [0.1, 0.15) is 40.2 Å². The van der Waals surface area contributed by atoms with Gasteiger partial charge in [-0.3, -0.25) is 0 Å². The van der Waals surface area contributed by atoms with Crippen LogP contribution in [0.3, 0.4) is 0 Å². The lowest BCUT2D eigenvalue weighted by atomic mass is 9.80. The van der Waals surface area contributed by atoms with E-state index in [1.54, 1.807) is 7.11 Å². The summed E-state index contributed by atoms with van der Waals surface area (Å²) in [6, 6.07) is 26.3. The topological polar surface area (TPSA) is 53.5 Å². The van der Waals surface area contributed by atoms with Crippen molar-refractivity contribution in [1.82, 2.24) is 10.6 Å². The monoisotopic (exact) mass is 444 g/mol. The molecule has 33 heavy (non-hydrogen) atoms. The Morgan fingerprint density at radius 3 is 2.15 bits per heavy atom. The van der Waals surface area contributed by atoms with E-state index in [0.29, 0.717) is 5.92 Å². The summed E-state index contributed by atoms with van der Waals surface area (Å²) in [5.74, 6) is 1.50. The Balaban J connectivity index is 1.66. The molecule has 3 N–H and O–H groups in total. The Hall–Kier alpha value is -2.66. The third-order valence-electron chi connectivity index (χ3n) is 7.11. The number of methoxy groups -OCH3 is 1. The number of benzene rings is 3. The molecule has 4 nitrogen and oxygen atoms in total. The first-order valence-electron chi connectivity index (χ1n) is 11.9. The van der Waals surface area contributed by atoms with Gasteiger partial charge < -0.3 is 20.5 Å². The molecule has 3 atom stereocenters. The second kappa shape index (κ2) is 11.0. The molecule has 1 fully saturated rings. The summed E-state index contributed by atoms with van der Waals surface area (Å²) in [4.78, 5) is 0. The van der Waals surface area contributed by atoms with Crippen LogP contribution in [0, 0.1) is 19.8 Å². The normalized spacial score (nSPS) is 20.3. The quantitative estimate of drug-likeness (QED) is 0.452. The Kier molecular flexibility index (Phi) is 7.81. The van der Waals surface area contributed by atoms with Gasteiger partial charge in [-0.25, -0.2) is 0 Å². The number of aryl methyl sites for hydroxylation is 2. The Bertz CT molecular complexity index is 983. The molecule has 0 bridgehead atoms. The molecule has 1 saturated heterocycles. The summed E-state index contributed by atoms with van der Waals surface area (Å²) in [5.41, 5.74) is 6.29. The maximum atomic E-state index is 9.76. The van der Waals surface area contributed by atoms with E-state index >= 15 is 0 Å². The Morgan fingerprint density at radius 2 is 1.58 bits per heavy atom. The fourth-order valence-corrected chi connectivity index (χ4v) is 5.23. The van der Waals surface area contributed by atoms with Crippen LogP contribution in [-0.2, 0) is 6.54 Å². The van der Waals surface area contributed by atoms with Crippen LogP contribution in [-0.4, -0.2) is 37.5 Å².